The zero-order valence-corrected chi connectivity index (χ0v) is 13.6. The molecule has 4 heteroatoms. The summed E-state index contributed by atoms with van der Waals surface area (Å²) in [6.07, 6.45) is 3.61. The van der Waals surface area contributed by atoms with Crippen LogP contribution >= 0.6 is 0 Å². The molecule has 3 rings (SSSR count). The first kappa shape index (κ1) is 16.2. The minimum Gasteiger partial charge on any atom is -0.467 e. The quantitative estimate of drug-likeness (QED) is 0.772. The lowest BCUT2D eigenvalue weighted by Gasteiger charge is -2.25. The van der Waals surface area contributed by atoms with Crippen LogP contribution in [0.5, 0.6) is 0 Å². The molecule has 1 atom stereocenters. The largest absolute Gasteiger partial charge is 0.467 e. The minimum atomic E-state index is -0.477. The molecule has 1 fully saturated rings. The Labute approximate surface area is 137 Å². The number of benzene rings is 1. The summed E-state index contributed by atoms with van der Waals surface area (Å²) in [5.74, 6) is 0.788. The van der Waals surface area contributed by atoms with Gasteiger partial charge < -0.3 is 14.3 Å². The van der Waals surface area contributed by atoms with Crippen LogP contribution in [0.3, 0.4) is 0 Å². The molecule has 1 aliphatic rings. The molecule has 1 N–H and O–H groups in total. The van der Waals surface area contributed by atoms with Crippen molar-refractivity contribution in [2.45, 2.75) is 45.1 Å². The van der Waals surface area contributed by atoms with Gasteiger partial charge in [0.2, 0.25) is 0 Å². The lowest BCUT2D eigenvalue weighted by molar-refractivity contribution is 0.00244. The zero-order chi connectivity index (χ0) is 16.1. The number of aliphatic hydroxyl groups excluding tert-OH is 1. The van der Waals surface area contributed by atoms with E-state index in [0.29, 0.717) is 25.8 Å². The van der Waals surface area contributed by atoms with Crippen LogP contribution in [0, 0.1) is 6.92 Å². The molecule has 4 nitrogen and oxygen atoms in total. The second-order valence-electron chi connectivity index (χ2n) is 6.34. The van der Waals surface area contributed by atoms with Gasteiger partial charge in [0.15, 0.2) is 0 Å². The van der Waals surface area contributed by atoms with Crippen LogP contribution in [0.15, 0.2) is 47.1 Å². The van der Waals surface area contributed by atoms with Gasteiger partial charge in [-0.3, -0.25) is 4.90 Å². The predicted molar refractivity (Wildman–Crippen MR) is 89.0 cm³/mol. The normalized spacial score (nSPS) is 16.0. The van der Waals surface area contributed by atoms with Gasteiger partial charge in [-0.15, -0.1) is 0 Å². The Morgan fingerprint density at radius 1 is 1.26 bits per heavy atom. The number of hydrogen-bond donors (Lipinski definition) is 1. The molecule has 0 saturated heterocycles. The standard InChI is InChI=1S/C19H25NO3/c1-15-5-2-3-6-16(15)11-20(17-8-9-17)12-18(21)13-22-14-19-7-4-10-23-19/h2-7,10,17-18,21H,8-9,11-14H2,1H3. The summed E-state index contributed by atoms with van der Waals surface area (Å²) in [6.45, 7) is 4.43. The summed E-state index contributed by atoms with van der Waals surface area (Å²) >= 11 is 0. The molecular formula is C19H25NO3. The molecule has 1 heterocycles. The molecule has 1 unspecified atom stereocenters. The molecule has 1 saturated carbocycles. The van der Waals surface area contributed by atoms with Crippen LogP contribution in [0.25, 0.3) is 0 Å². The monoisotopic (exact) mass is 315 g/mol. The number of aliphatic hydroxyl groups is 1. The molecule has 0 radical (unpaired) electrons. The number of ether oxygens (including phenoxy) is 1. The molecule has 0 bridgehead atoms. The summed E-state index contributed by atoms with van der Waals surface area (Å²) < 4.78 is 10.8. The Balaban J connectivity index is 1.48. The highest BCUT2D eigenvalue weighted by atomic mass is 16.5. The van der Waals surface area contributed by atoms with E-state index in [2.05, 4.69) is 36.1 Å². The third kappa shape index (κ3) is 4.93. The molecule has 1 aliphatic carbocycles. The van der Waals surface area contributed by atoms with Crippen LogP contribution in [0.2, 0.25) is 0 Å². The molecular weight excluding hydrogens is 290 g/mol. The third-order valence-electron chi connectivity index (χ3n) is 4.28. The van der Waals surface area contributed by atoms with E-state index in [-0.39, 0.29) is 0 Å². The van der Waals surface area contributed by atoms with Crippen LogP contribution < -0.4 is 0 Å². The van der Waals surface area contributed by atoms with Gasteiger partial charge in [0, 0.05) is 19.1 Å². The van der Waals surface area contributed by atoms with Crippen molar-refractivity contribution in [3.05, 3.63) is 59.5 Å². The summed E-state index contributed by atoms with van der Waals surface area (Å²) in [5, 5.41) is 10.3. The van der Waals surface area contributed by atoms with E-state index in [4.69, 9.17) is 9.15 Å². The fourth-order valence-electron chi connectivity index (χ4n) is 2.80. The summed E-state index contributed by atoms with van der Waals surface area (Å²) in [6, 6.07) is 12.8. The highest BCUT2D eigenvalue weighted by Gasteiger charge is 2.30. The van der Waals surface area contributed by atoms with Crippen LogP contribution in [-0.2, 0) is 17.9 Å². The maximum Gasteiger partial charge on any atom is 0.129 e. The molecule has 23 heavy (non-hydrogen) atoms. The number of furan rings is 1. The Morgan fingerprint density at radius 2 is 2.09 bits per heavy atom. The average molecular weight is 315 g/mol. The lowest BCUT2D eigenvalue weighted by atomic mass is 10.1. The van der Waals surface area contributed by atoms with E-state index >= 15 is 0 Å². The van der Waals surface area contributed by atoms with Gasteiger partial charge in [0.05, 0.1) is 19.0 Å². The van der Waals surface area contributed by atoms with Gasteiger partial charge in [-0.1, -0.05) is 24.3 Å². The van der Waals surface area contributed by atoms with Crippen LogP contribution in [0.4, 0.5) is 0 Å². The van der Waals surface area contributed by atoms with Crippen molar-refractivity contribution in [3.63, 3.8) is 0 Å². The number of hydrogen-bond acceptors (Lipinski definition) is 4. The van der Waals surface area contributed by atoms with Gasteiger partial charge >= 0.3 is 0 Å². The Hall–Kier alpha value is -1.62. The highest BCUT2D eigenvalue weighted by Crippen LogP contribution is 2.29. The van der Waals surface area contributed by atoms with Gasteiger partial charge in [-0.25, -0.2) is 0 Å². The second-order valence-corrected chi connectivity index (χ2v) is 6.34. The smallest absolute Gasteiger partial charge is 0.129 e. The molecule has 1 aromatic carbocycles. The van der Waals surface area contributed by atoms with Gasteiger partial charge in [0.1, 0.15) is 12.4 Å². The first-order valence-corrected chi connectivity index (χ1v) is 8.29. The topological polar surface area (TPSA) is 45.8 Å². The Morgan fingerprint density at radius 3 is 2.78 bits per heavy atom. The average Bonchev–Trinajstić information content (AvgIpc) is 3.26. The second kappa shape index (κ2) is 7.77. The van der Waals surface area contributed by atoms with E-state index in [1.807, 2.05) is 12.1 Å². The van der Waals surface area contributed by atoms with Crippen molar-refractivity contribution in [2.75, 3.05) is 13.2 Å². The first-order chi connectivity index (χ1) is 11.2. The summed E-state index contributed by atoms with van der Waals surface area (Å²) in [5.41, 5.74) is 2.64. The lowest BCUT2D eigenvalue weighted by Crippen LogP contribution is -2.36. The molecule has 1 aromatic heterocycles. The van der Waals surface area contributed by atoms with Crippen LogP contribution in [0.1, 0.15) is 29.7 Å². The molecule has 0 aliphatic heterocycles. The van der Waals surface area contributed by atoms with E-state index in [9.17, 15) is 5.11 Å². The zero-order valence-electron chi connectivity index (χ0n) is 13.6. The fraction of sp³-hybridized carbons (Fsp3) is 0.474. The van der Waals surface area contributed by atoms with Crippen LogP contribution in [-0.4, -0.2) is 35.3 Å². The van der Waals surface area contributed by atoms with Crippen molar-refractivity contribution in [1.82, 2.24) is 4.90 Å². The summed E-state index contributed by atoms with van der Waals surface area (Å²) in [4.78, 5) is 2.38. The number of aryl methyl sites for hydroxylation is 1. The van der Waals surface area contributed by atoms with Crippen molar-refractivity contribution in [2.24, 2.45) is 0 Å². The number of nitrogens with zero attached hydrogens (tertiary/aromatic N) is 1. The van der Waals surface area contributed by atoms with E-state index < -0.39 is 6.10 Å². The first-order valence-electron chi connectivity index (χ1n) is 8.29. The van der Waals surface area contributed by atoms with E-state index in [0.717, 1.165) is 12.3 Å². The molecule has 0 spiro atoms. The van der Waals surface area contributed by atoms with Gasteiger partial charge in [0.25, 0.3) is 0 Å². The maximum atomic E-state index is 10.3. The summed E-state index contributed by atoms with van der Waals surface area (Å²) in [7, 11) is 0. The van der Waals surface area contributed by atoms with Crippen molar-refractivity contribution in [1.29, 1.82) is 0 Å². The van der Waals surface area contributed by atoms with Crippen molar-refractivity contribution < 1.29 is 14.3 Å². The van der Waals surface area contributed by atoms with Gasteiger partial charge in [-0.05, 0) is 43.0 Å². The highest BCUT2D eigenvalue weighted by molar-refractivity contribution is 5.25. The molecule has 2 aromatic rings. The predicted octanol–water partition coefficient (Wildman–Crippen LogP) is 3.13. The molecule has 124 valence electrons. The SMILES string of the molecule is Cc1ccccc1CN(CC(O)COCc1ccco1)C1CC1. The minimum absolute atomic E-state index is 0.331. The fourth-order valence-corrected chi connectivity index (χ4v) is 2.80. The maximum absolute atomic E-state index is 10.3. The van der Waals surface area contributed by atoms with E-state index in [1.165, 1.54) is 24.0 Å². The van der Waals surface area contributed by atoms with E-state index in [1.54, 1.807) is 6.26 Å². The van der Waals surface area contributed by atoms with Gasteiger partial charge in [-0.2, -0.15) is 0 Å². The Kier molecular flexibility index (Phi) is 5.49. The molecule has 0 amide bonds. The number of rotatable bonds is 9. The van der Waals surface area contributed by atoms with Crippen molar-refractivity contribution in [3.8, 4) is 0 Å². The van der Waals surface area contributed by atoms with Crippen molar-refractivity contribution >= 4 is 0 Å². The third-order valence-corrected chi connectivity index (χ3v) is 4.28. The Bertz CT molecular complexity index is 592.